The van der Waals surface area contributed by atoms with E-state index in [0.717, 1.165) is 5.56 Å². The molecule has 7 heteroatoms. The molecule has 0 radical (unpaired) electrons. The molecule has 0 aliphatic rings. The third-order valence-corrected chi connectivity index (χ3v) is 4.32. The van der Waals surface area contributed by atoms with Crippen LogP contribution in [-0.2, 0) is 9.53 Å². The summed E-state index contributed by atoms with van der Waals surface area (Å²) in [5.41, 5.74) is 1.000. The van der Waals surface area contributed by atoms with Crippen molar-refractivity contribution in [2.45, 2.75) is 13.0 Å². The largest absolute Gasteiger partial charge is 0.452 e. The van der Waals surface area contributed by atoms with E-state index in [4.69, 9.17) is 39.5 Å². The van der Waals surface area contributed by atoms with Gasteiger partial charge in [0.1, 0.15) is 0 Å². The summed E-state index contributed by atoms with van der Waals surface area (Å²) in [4.78, 5) is 23.8. The minimum Gasteiger partial charge on any atom is -0.452 e. The summed E-state index contributed by atoms with van der Waals surface area (Å²) in [6.45, 7) is 1.38. The van der Waals surface area contributed by atoms with Crippen LogP contribution in [0.5, 0.6) is 0 Å². The fraction of sp³-hybridized carbons (Fsp3) is 0.176. The Morgan fingerprint density at radius 3 is 2.42 bits per heavy atom. The molecule has 0 fully saturated rings. The van der Waals surface area contributed by atoms with Crippen LogP contribution in [0.3, 0.4) is 0 Å². The average Bonchev–Trinajstić information content (AvgIpc) is 2.55. The molecular weight excluding hydrogens is 373 g/mol. The van der Waals surface area contributed by atoms with E-state index >= 15 is 0 Å². The highest BCUT2D eigenvalue weighted by atomic mass is 35.5. The van der Waals surface area contributed by atoms with Gasteiger partial charge in [0.25, 0.3) is 5.91 Å². The van der Waals surface area contributed by atoms with Crippen LogP contribution in [0.25, 0.3) is 0 Å². The van der Waals surface area contributed by atoms with E-state index in [0.29, 0.717) is 10.0 Å². The van der Waals surface area contributed by atoms with Crippen molar-refractivity contribution in [1.82, 2.24) is 5.32 Å². The molecule has 2 aromatic carbocycles. The standard InChI is InChI=1S/C17H14Cl3NO3/c1-10(12-4-2-3-5-13(12)18)21-16(22)9-24-17(23)11-6-7-14(19)15(20)8-11/h2-8,10H,9H2,1H3,(H,21,22)/t10-/m1/s1. The third-order valence-electron chi connectivity index (χ3n) is 3.24. The zero-order valence-corrected chi connectivity index (χ0v) is 15.0. The summed E-state index contributed by atoms with van der Waals surface area (Å²) >= 11 is 17.7. The number of rotatable bonds is 5. The third kappa shape index (κ3) is 4.87. The Balaban J connectivity index is 1.89. The van der Waals surface area contributed by atoms with Crippen LogP contribution >= 0.6 is 34.8 Å². The zero-order valence-electron chi connectivity index (χ0n) is 12.7. The number of hydrogen-bond acceptors (Lipinski definition) is 3. The molecule has 0 aliphatic carbocycles. The van der Waals surface area contributed by atoms with Crippen LogP contribution in [0.2, 0.25) is 15.1 Å². The lowest BCUT2D eigenvalue weighted by atomic mass is 10.1. The summed E-state index contributed by atoms with van der Waals surface area (Å²) in [6.07, 6.45) is 0. The van der Waals surface area contributed by atoms with Gasteiger partial charge in [-0.1, -0.05) is 53.0 Å². The summed E-state index contributed by atoms with van der Waals surface area (Å²) in [7, 11) is 0. The first-order chi connectivity index (χ1) is 11.4. The molecule has 24 heavy (non-hydrogen) atoms. The summed E-state index contributed by atoms with van der Waals surface area (Å²) in [5, 5.41) is 3.84. The minimum absolute atomic E-state index is 0.219. The van der Waals surface area contributed by atoms with Gasteiger partial charge in [-0.25, -0.2) is 4.79 Å². The molecule has 0 aliphatic heterocycles. The second-order valence-electron chi connectivity index (χ2n) is 5.02. The van der Waals surface area contributed by atoms with Crippen molar-refractivity contribution in [3.05, 3.63) is 68.7 Å². The van der Waals surface area contributed by atoms with Crippen molar-refractivity contribution in [1.29, 1.82) is 0 Å². The number of hydrogen-bond donors (Lipinski definition) is 1. The van der Waals surface area contributed by atoms with Gasteiger partial charge in [0.05, 0.1) is 21.7 Å². The Bertz CT molecular complexity index is 764. The van der Waals surface area contributed by atoms with Gasteiger partial charge in [0.2, 0.25) is 0 Å². The average molecular weight is 387 g/mol. The van der Waals surface area contributed by atoms with Gasteiger partial charge < -0.3 is 10.1 Å². The molecule has 0 saturated carbocycles. The number of ether oxygens (including phenoxy) is 1. The van der Waals surface area contributed by atoms with E-state index < -0.39 is 18.5 Å². The van der Waals surface area contributed by atoms with E-state index in [1.165, 1.54) is 18.2 Å². The van der Waals surface area contributed by atoms with Crippen molar-refractivity contribution in [2.24, 2.45) is 0 Å². The number of esters is 1. The SMILES string of the molecule is C[C@@H](NC(=O)COC(=O)c1ccc(Cl)c(Cl)c1)c1ccccc1Cl. The zero-order chi connectivity index (χ0) is 17.7. The Morgan fingerprint density at radius 2 is 1.75 bits per heavy atom. The highest BCUT2D eigenvalue weighted by Crippen LogP contribution is 2.23. The van der Waals surface area contributed by atoms with Crippen molar-refractivity contribution in [3.8, 4) is 0 Å². The molecule has 126 valence electrons. The van der Waals surface area contributed by atoms with Crippen molar-refractivity contribution < 1.29 is 14.3 Å². The number of amides is 1. The van der Waals surface area contributed by atoms with Crippen molar-refractivity contribution >= 4 is 46.7 Å². The van der Waals surface area contributed by atoms with Crippen LogP contribution in [0, 0.1) is 0 Å². The van der Waals surface area contributed by atoms with Crippen LogP contribution in [0.1, 0.15) is 28.9 Å². The van der Waals surface area contributed by atoms with Crippen molar-refractivity contribution in [2.75, 3.05) is 6.61 Å². The molecule has 0 saturated heterocycles. The maximum absolute atomic E-state index is 11.9. The summed E-state index contributed by atoms with van der Waals surface area (Å²) < 4.78 is 4.97. The lowest BCUT2D eigenvalue weighted by molar-refractivity contribution is -0.124. The highest BCUT2D eigenvalue weighted by Gasteiger charge is 2.15. The molecule has 2 aromatic rings. The molecule has 4 nitrogen and oxygen atoms in total. The molecular formula is C17H14Cl3NO3. The topological polar surface area (TPSA) is 55.4 Å². The quantitative estimate of drug-likeness (QED) is 0.759. The van der Waals surface area contributed by atoms with Gasteiger partial charge in [0.15, 0.2) is 6.61 Å². The monoisotopic (exact) mass is 385 g/mol. The molecule has 0 heterocycles. The van der Waals surface area contributed by atoms with Crippen LogP contribution in [-0.4, -0.2) is 18.5 Å². The van der Waals surface area contributed by atoms with E-state index in [1.807, 2.05) is 12.1 Å². The molecule has 0 unspecified atom stereocenters. The van der Waals surface area contributed by atoms with E-state index in [9.17, 15) is 9.59 Å². The minimum atomic E-state index is -0.658. The second kappa shape index (κ2) is 8.38. The summed E-state index contributed by atoms with van der Waals surface area (Å²) in [6, 6.07) is 11.2. The molecule has 1 atom stereocenters. The maximum atomic E-state index is 11.9. The molecule has 1 amide bonds. The molecule has 0 bridgehead atoms. The second-order valence-corrected chi connectivity index (χ2v) is 6.24. The van der Waals surface area contributed by atoms with E-state index in [1.54, 1.807) is 19.1 Å². The first kappa shape index (κ1) is 18.6. The predicted molar refractivity (Wildman–Crippen MR) is 94.8 cm³/mol. The normalized spacial score (nSPS) is 11.7. The number of nitrogens with one attached hydrogen (secondary N) is 1. The first-order valence-electron chi connectivity index (χ1n) is 7.04. The van der Waals surface area contributed by atoms with Crippen molar-refractivity contribution in [3.63, 3.8) is 0 Å². The Morgan fingerprint density at radius 1 is 1.04 bits per heavy atom. The lowest BCUT2D eigenvalue weighted by Crippen LogP contribution is -2.31. The molecule has 2 rings (SSSR count). The molecule has 1 N–H and O–H groups in total. The highest BCUT2D eigenvalue weighted by molar-refractivity contribution is 6.42. The van der Waals surface area contributed by atoms with Crippen LogP contribution in [0.15, 0.2) is 42.5 Å². The number of halogens is 3. The van der Waals surface area contributed by atoms with E-state index in [-0.39, 0.29) is 16.6 Å². The fourth-order valence-corrected chi connectivity index (χ4v) is 2.62. The van der Waals surface area contributed by atoms with Crippen LogP contribution in [0.4, 0.5) is 0 Å². The first-order valence-corrected chi connectivity index (χ1v) is 8.18. The predicted octanol–water partition coefficient (Wildman–Crippen LogP) is 4.68. The maximum Gasteiger partial charge on any atom is 0.338 e. The Kier molecular flexibility index (Phi) is 6.49. The van der Waals surface area contributed by atoms with Gasteiger partial charge in [0, 0.05) is 5.02 Å². The van der Waals surface area contributed by atoms with Gasteiger partial charge in [-0.2, -0.15) is 0 Å². The van der Waals surface area contributed by atoms with Gasteiger partial charge in [-0.05, 0) is 36.8 Å². The van der Waals surface area contributed by atoms with Gasteiger partial charge >= 0.3 is 5.97 Å². The Labute approximate surface area is 154 Å². The lowest BCUT2D eigenvalue weighted by Gasteiger charge is -2.15. The fourth-order valence-electron chi connectivity index (χ4n) is 2.02. The van der Waals surface area contributed by atoms with Gasteiger partial charge in [-0.15, -0.1) is 0 Å². The van der Waals surface area contributed by atoms with Crippen LogP contribution < -0.4 is 5.32 Å². The molecule has 0 spiro atoms. The smallest absolute Gasteiger partial charge is 0.338 e. The summed E-state index contributed by atoms with van der Waals surface area (Å²) in [5.74, 6) is -1.09. The number of benzene rings is 2. The Hall–Kier alpha value is -1.75. The van der Waals surface area contributed by atoms with Gasteiger partial charge in [-0.3, -0.25) is 4.79 Å². The van der Waals surface area contributed by atoms with E-state index in [2.05, 4.69) is 5.32 Å². The molecule has 0 aromatic heterocycles. The number of carbonyl (C=O) groups is 2. The number of carbonyl (C=O) groups excluding carboxylic acids is 2.